The van der Waals surface area contributed by atoms with Gasteiger partial charge in [0.05, 0.1) is 18.5 Å². The normalized spacial score (nSPS) is 16.9. The highest BCUT2D eigenvalue weighted by Crippen LogP contribution is 2.39. The molecule has 0 amide bonds. The smallest absolute Gasteiger partial charge is 0.333 e. The third-order valence-electron chi connectivity index (χ3n) is 4.10. The molecule has 120 valence electrons. The molecule has 1 heterocycles. The Labute approximate surface area is 137 Å². The van der Waals surface area contributed by atoms with Gasteiger partial charge in [0.2, 0.25) is 0 Å². The molecule has 0 bridgehead atoms. The molecule has 0 radical (unpaired) electrons. The maximum atomic E-state index is 12.5. The quantitative estimate of drug-likeness (QED) is 0.879. The fourth-order valence-electron chi connectivity index (χ4n) is 3.17. The average Bonchev–Trinajstić information content (AvgIpc) is 2.55. The van der Waals surface area contributed by atoms with E-state index in [4.69, 9.17) is 4.74 Å². The van der Waals surface area contributed by atoms with Crippen molar-refractivity contribution in [3.05, 3.63) is 60.2 Å². The number of fused-ring (bicyclic) bond motifs is 1. The van der Waals surface area contributed by atoms with Crippen molar-refractivity contribution in [3.8, 4) is 0 Å². The summed E-state index contributed by atoms with van der Waals surface area (Å²) < 4.78 is 5.10. The minimum Gasteiger partial charge on any atom is -0.467 e. The van der Waals surface area contributed by atoms with Gasteiger partial charge in [0.1, 0.15) is 0 Å². The minimum atomic E-state index is -0.455. The van der Waals surface area contributed by atoms with Crippen LogP contribution in [0, 0.1) is 0 Å². The Hall–Kier alpha value is -2.49. The molecular formula is C19H22N2O2. The Balaban J connectivity index is 2.10. The zero-order valence-electron chi connectivity index (χ0n) is 13.7. The molecule has 1 aliphatic heterocycles. The topological polar surface area (TPSA) is 41.6 Å². The molecule has 4 heteroatoms. The molecule has 0 saturated carbocycles. The van der Waals surface area contributed by atoms with E-state index in [1.165, 1.54) is 7.11 Å². The van der Waals surface area contributed by atoms with E-state index >= 15 is 0 Å². The van der Waals surface area contributed by atoms with Crippen molar-refractivity contribution in [2.45, 2.75) is 25.4 Å². The Kier molecular flexibility index (Phi) is 3.99. The van der Waals surface area contributed by atoms with Gasteiger partial charge in [-0.1, -0.05) is 42.5 Å². The number of nitrogens with one attached hydrogen (secondary N) is 1. The standard InChI is InChI=1S/C19H22N2O2/c1-19(2)13-21(16-12-8-7-11-15(16)20-19)17(18(22)23-3)14-9-5-4-6-10-14/h4-12,17,20H,13H2,1-3H3. The Morgan fingerprint density at radius 3 is 2.48 bits per heavy atom. The van der Waals surface area contributed by atoms with Crippen molar-refractivity contribution in [1.29, 1.82) is 0 Å². The summed E-state index contributed by atoms with van der Waals surface area (Å²) in [5.74, 6) is -0.247. The number of methoxy groups -OCH3 is 1. The number of esters is 1. The summed E-state index contributed by atoms with van der Waals surface area (Å²) in [5.41, 5.74) is 2.85. The summed E-state index contributed by atoms with van der Waals surface area (Å²) in [6.07, 6.45) is 0. The van der Waals surface area contributed by atoms with Crippen LogP contribution >= 0.6 is 0 Å². The predicted octanol–water partition coefficient (Wildman–Crippen LogP) is 3.61. The van der Waals surface area contributed by atoms with Crippen LogP contribution in [0.5, 0.6) is 0 Å². The number of hydrogen-bond acceptors (Lipinski definition) is 4. The van der Waals surface area contributed by atoms with E-state index < -0.39 is 6.04 Å². The summed E-state index contributed by atoms with van der Waals surface area (Å²) in [5, 5.41) is 3.54. The number of carbonyl (C=O) groups excluding carboxylic acids is 1. The number of rotatable bonds is 3. The van der Waals surface area contributed by atoms with Gasteiger partial charge in [-0.05, 0) is 31.5 Å². The second-order valence-corrected chi connectivity index (χ2v) is 6.49. The molecular weight excluding hydrogens is 288 g/mol. The van der Waals surface area contributed by atoms with Gasteiger partial charge in [-0.3, -0.25) is 0 Å². The predicted molar refractivity (Wildman–Crippen MR) is 92.7 cm³/mol. The van der Waals surface area contributed by atoms with Gasteiger partial charge in [-0.2, -0.15) is 0 Å². The number of hydrogen-bond donors (Lipinski definition) is 1. The van der Waals surface area contributed by atoms with E-state index in [0.717, 1.165) is 16.9 Å². The summed E-state index contributed by atoms with van der Waals surface area (Å²) in [4.78, 5) is 14.7. The van der Waals surface area contributed by atoms with Crippen LogP contribution in [-0.2, 0) is 9.53 Å². The van der Waals surface area contributed by atoms with Crippen LogP contribution in [0.2, 0.25) is 0 Å². The molecule has 23 heavy (non-hydrogen) atoms. The van der Waals surface area contributed by atoms with Crippen molar-refractivity contribution >= 4 is 17.3 Å². The summed E-state index contributed by atoms with van der Waals surface area (Å²) >= 11 is 0. The van der Waals surface area contributed by atoms with Gasteiger partial charge >= 0.3 is 5.97 Å². The summed E-state index contributed by atoms with van der Waals surface area (Å²) in [6, 6.07) is 17.4. The maximum Gasteiger partial charge on any atom is 0.333 e. The van der Waals surface area contributed by atoms with E-state index in [2.05, 4.69) is 24.1 Å². The Bertz CT molecular complexity index is 698. The molecule has 1 N–H and O–H groups in total. The minimum absolute atomic E-state index is 0.143. The molecule has 0 aromatic heterocycles. The fraction of sp³-hybridized carbons (Fsp3) is 0.316. The SMILES string of the molecule is COC(=O)C(c1ccccc1)N1CC(C)(C)Nc2ccccc21. The monoisotopic (exact) mass is 310 g/mol. The van der Waals surface area contributed by atoms with Gasteiger partial charge in [-0.15, -0.1) is 0 Å². The average molecular weight is 310 g/mol. The number of para-hydroxylation sites is 2. The van der Waals surface area contributed by atoms with Crippen LogP contribution in [0.3, 0.4) is 0 Å². The fourth-order valence-corrected chi connectivity index (χ4v) is 3.17. The maximum absolute atomic E-state index is 12.5. The van der Waals surface area contributed by atoms with Gasteiger partial charge in [0.15, 0.2) is 6.04 Å². The van der Waals surface area contributed by atoms with Gasteiger partial charge in [0, 0.05) is 12.1 Å². The molecule has 1 aliphatic rings. The van der Waals surface area contributed by atoms with E-state index in [-0.39, 0.29) is 11.5 Å². The molecule has 4 nitrogen and oxygen atoms in total. The first-order valence-electron chi connectivity index (χ1n) is 7.78. The van der Waals surface area contributed by atoms with Crippen LogP contribution in [0.15, 0.2) is 54.6 Å². The lowest BCUT2D eigenvalue weighted by Gasteiger charge is -2.44. The zero-order valence-corrected chi connectivity index (χ0v) is 13.7. The summed E-state index contributed by atoms with van der Waals surface area (Å²) in [7, 11) is 1.44. The first kappa shape index (κ1) is 15.4. The van der Waals surface area contributed by atoms with E-state index in [1.807, 2.05) is 54.6 Å². The lowest BCUT2D eigenvalue weighted by Crippen LogP contribution is -2.51. The molecule has 2 aromatic carbocycles. The van der Waals surface area contributed by atoms with Crippen LogP contribution in [0.25, 0.3) is 0 Å². The second-order valence-electron chi connectivity index (χ2n) is 6.49. The van der Waals surface area contributed by atoms with Crippen LogP contribution in [0.4, 0.5) is 11.4 Å². The van der Waals surface area contributed by atoms with E-state index in [1.54, 1.807) is 0 Å². The molecule has 0 aliphatic carbocycles. The number of ether oxygens (including phenoxy) is 1. The van der Waals surface area contributed by atoms with Crippen molar-refractivity contribution in [2.24, 2.45) is 0 Å². The first-order valence-corrected chi connectivity index (χ1v) is 7.78. The van der Waals surface area contributed by atoms with Crippen LogP contribution in [0.1, 0.15) is 25.5 Å². The largest absolute Gasteiger partial charge is 0.467 e. The first-order chi connectivity index (χ1) is 11.0. The van der Waals surface area contributed by atoms with E-state index in [9.17, 15) is 4.79 Å². The van der Waals surface area contributed by atoms with E-state index in [0.29, 0.717) is 6.54 Å². The van der Waals surface area contributed by atoms with Gasteiger partial charge in [-0.25, -0.2) is 4.79 Å². The lowest BCUT2D eigenvalue weighted by atomic mass is 9.95. The molecule has 0 spiro atoms. The number of anilines is 2. The van der Waals surface area contributed by atoms with Gasteiger partial charge in [0.25, 0.3) is 0 Å². The third kappa shape index (κ3) is 3.02. The molecule has 0 saturated heterocycles. The van der Waals surface area contributed by atoms with Crippen molar-refractivity contribution < 1.29 is 9.53 Å². The Morgan fingerprint density at radius 2 is 1.78 bits per heavy atom. The molecule has 0 fully saturated rings. The number of benzene rings is 2. The molecule has 2 aromatic rings. The molecule has 1 unspecified atom stereocenters. The highest BCUT2D eigenvalue weighted by atomic mass is 16.5. The zero-order chi connectivity index (χ0) is 16.4. The summed E-state index contributed by atoms with van der Waals surface area (Å²) in [6.45, 7) is 4.98. The molecule has 3 rings (SSSR count). The van der Waals surface area contributed by atoms with Crippen molar-refractivity contribution in [1.82, 2.24) is 0 Å². The van der Waals surface area contributed by atoms with Crippen molar-refractivity contribution in [2.75, 3.05) is 23.9 Å². The Morgan fingerprint density at radius 1 is 1.13 bits per heavy atom. The van der Waals surface area contributed by atoms with Crippen LogP contribution < -0.4 is 10.2 Å². The second kappa shape index (κ2) is 5.95. The number of carbonyl (C=O) groups is 1. The highest BCUT2D eigenvalue weighted by molar-refractivity contribution is 5.85. The number of nitrogens with zero attached hydrogens (tertiary/aromatic N) is 1. The van der Waals surface area contributed by atoms with Crippen molar-refractivity contribution in [3.63, 3.8) is 0 Å². The lowest BCUT2D eigenvalue weighted by molar-refractivity contribution is -0.142. The third-order valence-corrected chi connectivity index (χ3v) is 4.10. The van der Waals surface area contributed by atoms with Gasteiger partial charge < -0.3 is 15.0 Å². The van der Waals surface area contributed by atoms with Crippen LogP contribution in [-0.4, -0.2) is 25.2 Å². The molecule has 1 atom stereocenters. The highest BCUT2D eigenvalue weighted by Gasteiger charge is 2.37.